The number of rotatable bonds is 2. The zero-order chi connectivity index (χ0) is 10.8. The third-order valence-corrected chi connectivity index (χ3v) is 3.98. The van der Waals surface area contributed by atoms with Gasteiger partial charge in [0.15, 0.2) is 5.15 Å². The molecule has 0 fully saturated rings. The van der Waals surface area contributed by atoms with Crippen molar-refractivity contribution in [2.24, 2.45) is 0 Å². The summed E-state index contributed by atoms with van der Waals surface area (Å²) in [6, 6.07) is 1.97. The first-order valence-electron chi connectivity index (χ1n) is 4.11. The Hall–Kier alpha value is -0.650. The normalized spacial score (nSPS) is 10.5. The fraction of sp³-hybridized carbons (Fsp3) is 0.111. The van der Waals surface area contributed by atoms with Gasteiger partial charge < -0.3 is 4.57 Å². The van der Waals surface area contributed by atoms with Crippen LogP contribution in [0.1, 0.15) is 5.56 Å². The Balaban J connectivity index is 2.37. The van der Waals surface area contributed by atoms with Gasteiger partial charge in [0.2, 0.25) is 0 Å². The van der Waals surface area contributed by atoms with E-state index < -0.39 is 0 Å². The number of halogens is 2. The summed E-state index contributed by atoms with van der Waals surface area (Å²) in [6.45, 7) is 0.505. The SMILES string of the molecule is O=c1c(Cl)nccn1Cc1ccsc1Br. The third-order valence-electron chi connectivity index (χ3n) is 1.91. The quantitative estimate of drug-likeness (QED) is 0.855. The van der Waals surface area contributed by atoms with Crippen molar-refractivity contribution in [3.63, 3.8) is 0 Å². The first-order chi connectivity index (χ1) is 7.18. The molecule has 15 heavy (non-hydrogen) atoms. The van der Waals surface area contributed by atoms with Crippen LogP contribution in [-0.2, 0) is 6.54 Å². The van der Waals surface area contributed by atoms with Gasteiger partial charge in [0.05, 0.1) is 10.3 Å². The maximum absolute atomic E-state index is 11.6. The van der Waals surface area contributed by atoms with Crippen LogP contribution in [0, 0.1) is 0 Å². The third kappa shape index (κ3) is 2.30. The van der Waals surface area contributed by atoms with Crippen LogP contribution in [0.25, 0.3) is 0 Å². The van der Waals surface area contributed by atoms with Crippen molar-refractivity contribution >= 4 is 38.9 Å². The molecule has 2 heterocycles. The molecule has 78 valence electrons. The van der Waals surface area contributed by atoms with Gasteiger partial charge in [-0.15, -0.1) is 11.3 Å². The molecule has 0 bridgehead atoms. The van der Waals surface area contributed by atoms with Gasteiger partial charge in [-0.1, -0.05) is 11.6 Å². The van der Waals surface area contributed by atoms with Crippen molar-refractivity contribution in [1.82, 2.24) is 9.55 Å². The van der Waals surface area contributed by atoms with Gasteiger partial charge in [-0.05, 0) is 32.9 Å². The first kappa shape index (κ1) is 10.9. The predicted octanol–water partition coefficient (Wildman–Crippen LogP) is 2.77. The number of thiophene rings is 1. The predicted molar refractivity (Wildman–Crippen MR) is 64.6 cm³/mol. The lowest BCUT2D eigenvalue weighted by Crippen LogP contribution is -2.21. The molecule has 0 saturated carbocycles. The zero-order valence-electron chi connectivity index (χ0n) is 7.48. The summed E-state index contributed by atoms with van der Waals surface area (Å²) < 4.78 is 2.56. The second-order valence-electron chi connectivity index (χ2n) is 2.87. The minimum atomic E-state index is -0.266. The van der Waals surface area contributed by atoms with Gasteiger partial charge in [0.25, 0.3) is 5.56 Å². The fourth-order valence-corrected chi connectivity index (χ4v) is 2.54. The van der Waals surface area contributed by atoms with Gasteiger partial charge >= 0.3 is 0 Å². The molecular formula is C9H6BrClN2OS. The molecule has 0 amide bonds. The van der Waals surface area contributed by atoms with Crippen molar-refractivity contribution in [2.45, 2.75) is 6.54 Å². The monoisotopic (exact) mass is 304 g/mol. The molecule has 0 atom stereocenters. The minimum absolute atomic E-state index is 0.00357. The molecule has 2 aromatic heterocycles. The smallest absolute Gasteiger partial charge is 0.288 e. The zero-order valence-corrected chi connectivity index (χ0v) is 10.6. The average molecular weight is 306 g/mol. The molecule has 0 aliphatic carbocycles. The first-order valence-corrected chi connectivity index (χ1v) is 6.16. The van der Waals surface area contributed by atoms with Crippen LogP contribution in [0.4, 0.5) is 0 Å². The Bertz CT molecular complexity index is 537. The van der Waals surface area contributed by atoms with E-state index >= 15 is 0 Å². The molecule has 0 radical (unpaired) electrons. The van der Waals surface area contributed by atoms with Crippen LogP contribution in [0.5, 0.6) is 0 Å². The highest BCUT2D eigenvalue weighted by Crippen LogP contribution is 2.23. The van der Waals surface area contributed by atoms with E-state index in [1.165, 1.54) is 10.8 Å². The molecule has 0 spiro atoms. The summed E-state index contributed by atoms with van der Waals surface area (Å²) in [5, 5.41) is 1.97. The van der Waals surface area contributed by atoms with Gasteiger partial charge in [0.1, 0.15) is 0 Å². The Labute approximate surface area is 103 Å². The molecule has 2 rings (SSSR count). The lowest BCUT2D eigenvalue weighted by molar-refractivity contribution is 0.748. The maximum Gasteiger partial charge on any atom is 0.288 e. The summed E-state index contributed by atoms with van der Waals surface area (Å²) in [7, 11) is 0. The molecule has 0 unspecified atom stereocenters. The molecule has 0 N–H and O–H groups in total. The van der Waals surface area contributed by atoms with Crippen LogP contribution >= 0.6 is 38.9 Å². The summed E-state index contributed by atoms with van der Waals surface area (Å²) in [5.74, 6) is 0. The Kier molecular flexibility index (Phi) is 3.23. The summed E-state index contributed by atoms with van der Waals surface area (Å²) >= 11 is 10.6. The second kappa shape index (κ2) is 4.47. The maximum atomic E-state index is 11.6. The van der Waals surface area contributed by atoms with E-state index in [2.05, 4.69) is 20.9 Å². The van der Waals surface area contributed by atoms with Crippen LogP contribution in [0.15, 0.2) is 32.4 Å². The Morgan fingerprint density at radius 1 is 1.60 bits per heavy atom. The number of nitrogens with zero attached hydrogens (tertiary/aromatic N) is 2. The summed E-state index contributed by atoms with van der Waals surface area (Å²) in [6.07, 6.45) is 3.14. The van der Waals surface area contributed by atoms with Gasteiger partial charge in [-0.3, -0.25) is 4.79 Å². The van der Waals surface area contributed by atoms with Crippen molar-refractivity contribution in [3.05, 3.63) is 48.7 Å². The molecular weight excluding hydrogens is 300 g/mol. The van der Waals surface area contributed by atoms with Crippen molar-refractivity contribution in [1.29, 1.82) is 0 Å². The van der Waals surface area contributed by atoms with Gasteiger partial charge in [-0.2, -0.15) is 0 Å². The highest BCUT2D eigenvalue weighted by molar-refractivity contribution is 9.11. The molecule has 0 aromatic carbocycles. The largest absolute Gasteiger partial charge is 0.307 e. The van der Waals surface area contributed by atoms with E-state index in [1.54, 1.807) is 17.5 Å². The highest BCUT2D eigenvalue weighted by Gasteiger charge is 2.05. The minimum Gasteiger partial charge on any atom is -0.307 e. The van der Waals surface area contributed by atoms with Crippen LogP contribution in [0.3, 0.4) is 0 Å². The molecule has 0 aliphatic heterocycles. The Morgan fingerprint density at radius 3 is 3.07 bits per heavy atom. The van der Waals surface area contributed by atoms with Crippen LogP contribution < -0.4 is 5.56 Å². The van der Waals surface area contributed by atoms with E-state index in [0.29, 0.717) is 6.54 Å². The fourth-order valence-electron chi connectivity index (χ4n) is 1.16. The number of hydrogen-bond donors (Lipinski definition) is 0. The molecule has 2 aromatic rings. The van der Waals surface area contributed by atoms with Gasteiger partial charge in [0, 0.05) is 12.4 Å². The lowest BCUT2D eigenvalue weighted by Gasteiger charge is -2.03. The molecule has 6 heteroatoms. The average Bonchev–Trinajstić information content (AvgIpc) is 2.60. The van der Waals surface area contributed by atoms with E-state index in [0.717, 1.165) is 9.35 Å². The van der Waals surface area contributed by atoms with Crippen molar-refractivity contribution < 1.29 is 0 Å². The summed E-state index contributed by atoms with van der Waals surface area (Å²) in [4.78, 5) is 15.3. The summed E-state index contributed by atoms with van der Waals surface area (Å²) in [5.41, 5.74) is 0.793. The number of hydrogen-bond acceptors (Lipinski definition) is 3. The Morgan fingerprint density at radius 2 is 2.40 bits per heavy atom. The molecule has 0 saturated heterocycles. The highest BCUT2D eigenvalue weighted by atomic mass is 79.9. The second-order valence-corrected chi connectivity index (χ2v) is 5.46. The van der Waals surface area contributed by atoms with Crippen molar-refractivity contribution in [3.8, 4) is 0 Å². The van der Waals surface area contributed by atoms with E-state index in [1.807, 2.05) is 11.4 Å². The van der Waals surface area contributed by atoms with Crippen molar-refractivity contribution in [2.75, 3.05) is 0 Å². The molecule has 3 nitrogen and oxygen atoms in total. The topological polar surface area (TPSA) is 34.9 Å². The van der Waals surface area contributed by atoms with E-state index in [9.17, 15) is 4.79 Å². The standard InChI is InChI=1S/C9H6BrClN2OS/c10-7-6(1-4-15-7)5-13-3-2-12-8(11)9(13)14/h1-4H,5H2. The van der Waals surface area contributed by atoms with E-state index in [-0.39, 0.29) is 10.7 Å². The van der Waals surface area contributed by atoms with Gasteiger partial charge in [-0.25, -0.2) is 4.98 Å². The van der Waals surface area contributed by atoms with Crippen LogP contribution in [0.2, 0.25) is 5.15 Å². The molecule has 0 aliphatic rings. The number of aromatic nitrogens is 2. The lowest BCUT2D eigenvalue weighted by atomic mass is 10.3. The van der Waals surface area contributed by atoms with E-state index in [4.69, 9.17) is 11.6 Å². The van der Waals surface area contributed by atoms with Crippen LogP contribution in [-0.4, -0.2) is 9.55 Å².